The molecule has 1 unspecified atom stereocenters. The second kappa shape index (κ2) is 17.9. The predicted octanol–water partition coefficient (Wildman–Crippen LogP) is 3.39. The molecule has 0 saturated heterocycles. The van der Waals surface area contributed by atoms with Crippen LogP contribution in [0.2, 0.25) is 0 Å². The Morgan fingerprint density at radius 1 is 0.943 bits per heavy atom. The van der Waals surface area contributed by atoms with Gasteiger partial charge in [-0.05, 0) is 82.3 Å². The highest BCUT2D eigenvalue weighted by Gasteiger charge is 2.27. The number of carbonyl (C=O) groups is 5. The molecule has 53 heavy (non-hydrogen) atoms. The number of nitrogens with one attached hydrogen (secondary N) is 3. The molecular formula is C39H43N7O7. The number of rotatable bonds is 16. The van der Waals surface area contributed by atoms with Gasteiger partial charge in [0.15, 0.2) is 0 Å². The smallest absolute Gasteiger partial charge is 0.349 e. The molecule has 2 heterocycles. The molecule has 0 bridgehead atoms. The van der Waals surface area contributed by atoms with Gasteiger partial charge >= 0.3 is 5.63 Å². The van der Waals surface area contributed by atoms with Gasteiger partial charge in [0.05, 0.1) is 30.5 Å². The molecule has 14 heteroatoms. The van der Waals surface area contributed by atoms with E-state index in [2.05, 4.69) is 37.1 Å². The summed E-state index contributed by atoms with van der Waals surface area (Å²) in [6.45, 7) is 6.25. The summed E-state index contributed by atoms with van der Waals surface area (Å²) in [4.78, 5) is 77.4. The van der Waals surface area contributed by atoms with E-state index in [4.69, 9.17) is 10.8 Å². The van der Waals surface area contributed by atoms with Crippen molar-refractivity contribution in [1.82, 2.24) is 30.9 Å². The molecular weight excluding hydrogens is 678 g/mol. The van der Waals surface area contributed by atoms with Gasteiger partial charge in [-0.25, -0.2) is 9.48 Å². The lowest BCUT2D eigenvalue weighted by Crippen LogP contribution is -2.30. The van der Waals surface area contributed by atoms with Crippen LogP contribution in [0.25, 0.3) is 16.7 Å². The standard InChI is InChI=1S/C39H43N7O7/c1-4-15-40-36(49)27-18-28(20-31(19-27)46-24-29(43-44-46)12-9-25-11-14-32(47)23-34(25)48)37(50)41-16-7-8-17-42-38(51)33-21-26-10-13-30(45(5-2)6-3)22-35(26)53-39(33)52/h1,10,13,18-22,24-25H,5-9,11-12,14-17,23H2,2-3H3,(H,40,49)(H,41,50)(H,42,51). The summed E-state index contributed by atoms with van der Waals surface area (Å²) < 4.78 is 6.93. The van der Waals surface area contributed by atoms with Crippen LogP contribution in [0.3, 0.4) is 0 Å². The van der Waals surface area contributed by atoms with Gasteiger partial charge < -0.3 is 25.3 Å². The number of anilines is 1. The summed E-state index contributed by atoms with van der Waals surface area (Å²) in [6.07, 6.45) is 9.98. The van der Waals surface area contributed by atoms with E-state index in [9.17, 15) is 28.8 Å². The monoisotopic (exact) mass is 721 g/mol. The van der Waals surface area contributed by atoms with Crippen molar-refractivity contribution in [3.05, 3.63) is 81.5 Å². The zero-order chi connectivity index (χ0) is 37.9. The number of aromatic nitrogens is 3. The van der Waals surface area contributed by atoms with Crippen LogP contribution in [0.4, 0.5) is 5.69 Å². The molecule has 0 spiro atoms. The fourth-order valence-corrected chi connectivity index (χ4v) is 6.22. The van der Waals surface area contributed by atoms with Crippen LogP contribution in [0.1, 0.15) is 89.1 Å². The van der Waals surface area contributed by atoms with E-state index in [1.54, 1.807) is 24.4 Å². The molecule has 2 aromatic heterocycles. The Bertz CT molecular complexity index is 2110. The van der Waals surface area contributed by atoms with Gasteiger partial charge in [0, 0.05) is 66.8 Å². The number of hydrogen-bond donors (Lipinski definition) is 3. The lowest BCUT2D eigenvalue weighted by molar-refractivity contribution is -0.132. The van der Waals surface area contributed by atoms with E-state index in [0.29, 0.717) is 60.9 Å². The zero-order valence-corrected chi connectivity index (χ0v) is 29.9. The molecule has 1 fully saturated rings. The van der Waals surface area contributed by atoms with Crippen molar-refractivity contribution in [1.29, 1.82) is 0 Å². The van der Waals surface area contributed by atoms with Crippen LogP contribution in [0.15, 0.2) is 57.9 Å². The number of ketones is 2. The molecule has 3 N–H and O–H groups in total. The maximum absolute atomic E-state index is 13.2. The van der Waals surface area contributed by atoms with Crippen molar-refractivity contribution in [2.24, 2.45) is 5.92 Å². The Labute approximate surface area is 306 Å². The van der Waals surface area contributed by atoms with Crippen LogP contribution in [-0.4, -0.2) is 77.0 Å². The molecule has 1 aliphatic rings. The summed E-state index contributed by atoms with van der Waals surface area (Å²) in [7, 11) is 0. The van der Waals surface area contributed by atoms with Gasteiger partial charge in [-0.15, -0.1) is 11.5 Å². The van der Waals surface area contributed by atoms with Gasteiger partial charge in [-0.3, -0.25) is 24.0 Å². The van der Waals surface area contributed by atoms with Crippen molar-refractivity contribution in [3.8, 4) is 18.0 Å². The second-order valence-electron chi connectivity index (χ2n) is 12.8. The summed E-state index contributed by atoms with van der Waals surface area (Å²) in [5.74, 6) is 0.664. The van der Waals surface area contributed by atoms with Crippen LogP contribution in [0, 0.1) is 18.3 Å². The number of carbonyl (C=O) groups excluding carboxylic acids is 5. The normalized spacial score (nSPS) is 14.1. The summed E-state index contributed by atoms with van der Waals surface area (Å²) >= 11 is 0. The highest BCUT2D eigenvalue weighted by atomic mass is 16.4. The van der Waals surface area contributed by atoms with E-state index in [1.807, 2.05) is 26.0 Å². The Morgan fingerprint density at radius 3 is 2.32 bits per heavy atom. The number of aryl methyl sites for hydroxylation is 1. The lowest BCUT2D eigenvalue weighted by Gasteiger charge is -2.21. The number of fused-ring (bicyclic) bond motifs is 1. The number of nitrogens with zero attached hydrogens (tertiary/aromatic N) is 4. The number of amides is 3. The molecule has 1 atom stereocenters. The van der Waals surface area contributed by atoms with Crippen molar-refractivity contribution >= 4 is 45.9 Å². The van der Waals surface area contributed by atoms with E-state index in [1.165, 1.54) is 16.8 Å². The first-order valence-electron chi connectivity index (χ1n) is 17.8. The van der Waals surface area contributed by atoms with Crippen LogP contribution in [-0.2, 0) is 16.0 Å². The molecule has 1 saturated carbocycles. The number of unbranched alkanes of at least 4 members (excludes halogenated alkanes) is 1. The third-order valence-electron chi connectivity index (χ3n) is 9.21. The largest absolute Gasteiger partial charge is 0.422 e. The molecule has 276 valence electrons. The average Bonchev–Trinajstić information content (AvgIpc) is 3.64. The van der Waals surface area contributed by atoms with Gasteiger partial charge in [-0.1, -0.05) is 11.1 Å². The highest BCUT2D eigenvalue weighted by molar-refractivity contribution is 6.02. The van der Waals surface area contributed by atoms with Crippen LogP contribution < -0.4 is 26.5 Å². The van der Waals surface area contributed by atoms with Gasteiger partial charge in [0.2, 0.25) is 0 Å². The first-order valence-corrected chi connectivity index (χ1v) is 17.8. The molecule has 4 aromatic rings. The Kier molecular flexibility index (Phi) is 12.9. The third-order valence-corrected chi connectivity index (χ3v) is 9.21. The van der Waals surface area contributed by atoms with Crippen molar-refractivity contribution in [2.45, 2.75) is 58.8 Å². The second-order valence-corrected chi connectivity index (χ2v) is 12.8. The zero-order valence-electron chi connectivity index (χ0n) is 29.9. The fraction of sp³-hybridized carbons (Fsp3) is 0.385. The SMILES string of the molecule is C#CCNC(=O)c1cc(C(=O)NCCCCNC(=O)c2cc3ccc(N(CC)CC)cc3oc2=O)cc(-n2cc(CCC3CCC(=O)CC3=O)nn2)c1. The molecule has 0 radical (unpaired) electrons. The Morgan fingerprint density at radius 2 is 1.64 bits per heavy atom. The van der Waals surface area contributed by atoms with Gasteiger partial charge in [-0.2, -0.15) is 0 Å². The number of hydrogen-bond acceptors (Lipinski definition) is 10. The number of benzene rings is 2. The van der Waals surface area contributed by atoms with E-state index < -0.39 is 23.3 Å². The highest BCUT2D eigenvalue weighted by Crippen LogP contribution is 2.24. The van der Waals surface area contributed by atoms with Crippen molar-refractivity contribution in [3.63, 3.8) is 0 Å². The molecule has 1 aliphatic carbocycles. The molecule has 2 aromatic carbocycles. The van der Waals surface area contributed by atoms with Crippen molar-refractivity contribution in [2.75, 3.05) is 37.6 Å². The van der Waals surface area contributed by atoms with E-state index in [0.717, 1.165) is 18.8 Å². The van der Waals surface area contributed by atoms with Crippen LogP contribution in [0.5, 0.6) is 0 Å². The number of Topliss-reactive ketones (excluding diaryl/α,β-unsaturated/α-hetero) is 2. The molecule has 3 amide bonds. The summed E-state index contributed by atoms with van der Waals surface area (Å²) in [5, 5.41) is 17.2. The van der Waals surface area contributed by atoms with Crippen LogP contribution >= 0.6 is 0 Å². The molecule has 5 rings (SSSR count). The Hall–Kier alpha value is -6.10. The average molecular weight is 722 g/mol. The first kappa shape index (κ1) is 38.1. The maximum atomic E-state index is 13.2. The topological polar surface area (TPSA) is 186 Å². The van der Waals surface area contributed by atoms with Gasteiger partial charge in [0.25, 0.3) is 17.7 Å². The maximum Gasteiger partial charge on any atom is 0.349 e. The summed E-state index contributed by atoms with van der Waals surface area (Å²) in [6, 6.07) is 11.7. The minimum atomic E-state index is -0.717. The lowest BCUT2D eigenvalue weighted by atomic mass is 9.84. The minimum absolute atomic E-state index is 0.00361. The van der Waals surface area contributed by atoms with E-state index >= 15 is 0 Å². The fourth-order valence-electron chi connectivity index (χ4n) is 6.22. The minimum Gasteiger partial charge on any atom is -0.422 e. The first-order chi connectivity index (χ1) is 25.6. The third kappa shape index (κ3) is 9.82. The Balaban J connectivity index is 1.16. The summed E-state index contributed by atoms with van der Waals surface area (Å²) in [5.41, 5.74) is 2.00. The quantitative estimate of drug-likeness (QED) is 0.0671. The van der Waals surface area contributed by atoms with Crippen molar-refractivity contribution < 1.29 is 28.4 Å². The van der Waals surface area contributed by atoms with Gasteiger partial charge in [0.1, 0.15) is 22.7 Å². The number of terminal acetylenes is 1. The molecule has 0 aliphatic heterocycles. The predicted molar refractivity (Wildman–Crippen MR) is 198 cm³/mol. The molecule has 14 nitrogen and oxygen atoms in total. The van der Waals surface area contributed by atoms with E-state index in [-0.39, 0.29) is 60.2 Å².